The molecule has 0 aliphatic heterocycles. The molecular formula is C24H24FN3O3. The first kappa shape index (κ1) is 20.9. The van der Waals surface area contributed by atoms with Crippen molar-refractivity contribution in [3.8, 4) is 11.4 Å². The molecule has 4 rings (SSSR count). The number of nitrogens with zero attached hydrogens (tertiary/aromatic N) is 2. The third-order valence-electron chi connectivity index (χ3n) is 5.62. The number of nitrogens with one attached hydrogen (secondary N) is 1. The van der Waals surface area contributed by atoms with Crippen LogP contribution in [0.3, 0.4) is 0 Å². The number of hydrogen-bond donors (Lipinski definition) is 2. The fourth-order valence-corrected chi connectivity index (χ4v) is 4.06. The van der Waals surface area contributed by atoms with Crippen molar-refractivity contribution in [2.45, 2.75) is 39.2 Å². The highest BCUT2D eigenvalue weighted by molar-refractivity contribution is 5.91. The summed E-state index contributed by atoms with van der Waals surface area (Å²) in [5, 5.41) is 12.2. The molecule has 0 fully saturated rings. The van der Waals surface area contributed by atoms with Gasteiger partial charge in [0.05, 0.1) is 0 Å². The SMILES string of the molecule is Cc1nc(-c2ccc(F)cc2)n(CC(=O)Nc2ccc3c(c2)CCC3)c(=O)c1CCO. The van der Waals surface area contributed by atoms with Gasteiger partial charge in [0.15, 0.2) is 0 Å². The van der Waals surface area contributed by atoms with Crippen molar-refractivity contribution in [2.24, 2.45) is 0 Å². The van der Waals surface area contributed by atoms with Crippen LogP contribution in [0.4, 0.5) is 10.1 Å². The van der Waals surface area contributed by atoms with E-state index in [1.807, 2.05) is 18.2 Å². The minimum Gasteiger partial charge on any atom is -0.396 e. The molecule has 0 radical (unpaired) electrons. The lowest BCUT2D eigenvalue weighted by Crippen LogP contribution is -2.33. The molecular weight excluding hydrogens is 397 g/mol. The molecule has 0 unspecified atom stereocenters. The van der Waals surface area contributed by atoms with Crippen molar-refractivity contribution in [1.29, 1.82) is 0 Å². The molecule has 31 heavy (non-hydrogen) atoms. The summed E-state index contributed by atoms with van der Waals surface area (Å²) in [5.41, 5.74) is 4.23. The molecule has 2 N–H and O–H groups in total. The predicted molar refractivity (Wildman–Crippen MR) is 117 cm³/mol. The van der Waals surface area contributed by atoms with E-state index < -0.39 is 5.82 Å². The van der Waals surface area contributed by atoms with E-state index in [1.165, 1.54) is 40.0 Å². The van der Waals surface area contributed by atoms with Gasteiger partial charge in [-0.05, 0) is 73.7 Å². The molecule has 3 aromatic rings. The van der Waals surface area contributed by atoms with Crippen molar-refractivity contribution in [1.82, 2.24) is 9.55 Å². The normalized spacial score (nSPS) is 12.6. The molecule has 0 saturated carbocycles. The number of halogens is 1. The Morgan fingerprint density at radius 3 is 2.65 bits per heavy atom. The lowest BCUT2D eigenvalue weighted by Gasteiger charge is -2.16. The Labute approximate surface area is 179 Å². The molecule has 160 valence electrons. The maximum Gasteiger partial charge on any atom is 0.257 e. The number of aryl methyl sites for hydroxylation is 3. The third-order valence-corrected chi connectivity index (χ3v) is 5.62. The predicted octanol–water partition coefficient (Wildman–Crippen LogP) is 3.02. The molecule has 1 amide bonds. The lowest BCUT2D eigenvalue weighted by molar-refractivity contribution is -0.116. The summed E-state index contributed by atoms with van der Waals surface area (Å²) in [5.74, 6) is -0.474. The molecule has 1 aliphatic carbocycles. The van der Waals surface area contributed by atoms with Gasteiger partial charge in [0.1, 0.15) is 18.2 Å². The molecule has 0 bridgehead atoms. The zero-order valence-electron chi connectivity index (χ0n) is 17.3. The number of carbonyl (C=O) groups is 1. The Bertz CT molecular complexity index is 1190. The van der Waals surface area contributed by atoms with Crippen LogP contribution in [0.15, 0.2) is 47.3 Å². The van der Waals surface area contributed by atoms with E-state index in [4.69, 9.17) is 0 Å². The van der Waals surface area contributed by atoms with Crippen molar-refractivity contribution in [3.05, 3.63) is 81.0 Å². The van der Waals surface area contributed by atoms with Crippen molar-refractivity contribution in [3.63, 3.8) is 0 Å². The fraction of sp³-hybridized carbons (Fsp3) is 0.292. The van der Waals surface area contributed by atoms with E-state index in [0.29, 0.717) is 22.5 Å². The number of carbonyl (C=O) groups excluding carboxylic acids is 1. The maximum absolute atomic E-state index is 13.4. The van der Waals surface area contributed by atoms with Gasteiger partial charge < -0.3 is 10.4 Å². The van der Waals surface area contributed by atoms with Crippen LogP contribution in [-0.4, -0.2) is 27.2 Å². The van der Waals surface area contributed by atoms with Crippen LogP contribution in [0.2, 0.25) is 0 Å². The van der Waals surface area contributed by atoms with E-state index in [1.54, 1.807) is 6.92 Å². The van der Waals surface area contributed by atoms with Crippen LogP contribution < -0.4 is 10.9 Å². The summed E-state index contributed by atoms with van der Waals surface area (Å²) in [6.07, 6.45) is 3.32. The van der Waals surface area contributed by atoms with Crippen molar-refractivity contribution >= 4 is 11.6 Å². The van der Waals surface area contributed by atoms with E-state index in [0.717, 1.165) is 19.3 Å². The van der Waals surface area contributed by atoms with Gasteiger partial charge in [-0.3, -0.25) is 14.2 Å². The summed E-state index contributed by atoms with van der Waals surface area (Å²) in [7, 11) is 0. The number of benzene rings is 2. The quantitative estimate of drug-likeness (QED) is 0.641. The van der Waals surface area contributed by atoms with Gasteiger partial charge in [-0.1, -0.05) is 6.07 Å². The highest BCUT2D eigenvalue weighted by Crippen LogP contribution is 2.25. The standard InChI is InChI=1S/C24H24FN3O3/c1-15-21(11-12-29)24(31)28(23(26-15)17-5-8-19(25)9-6-17)14-22(30)27-20-10-7-16-3-2-4-18(16)13-20/h5-10,13,29H,2-4,11-12,14H2,1H3,(H,27,30). The molecule has 1 aromatic heterocycles. The van der Waals surface area contributed by atoms with E-state index in [-0.39, 0.29) is 36.9 Å². The zero-order chi connectivity index (χ0) is 22.0. The van der Waals surface area contributed by atoms with Gasteiger partial charge in [-0.15, -0.1) is 0 Å². The van der Waals surface area contributed by atoms with Crippen LogP contribution in [0.5, 0.6) is 0 Å². The first-order valence-electron chi connectivity index (χ1n) is 10.3. The Balaban J connectivity index is 1.68. The second-order valence-electron chi connectivity index (χ2n) is 7.76. The molecule has 2 aromatic carbocycles. The van der Waals surface area contributed by atoms with Gasteiger partial charge >= 0.3 is 0 Å². The third kappa shape index (κ3) is 4.41. The first-order chi connectivity index (χ1) is 15.0. The average Bonchev–Trinajstić information content (AvgIpc) is 3.21. The van der Waals surface area contributed by atoms with Crippen LogP contribution >= 0.6 is 0 Å². The number of aromatic nitrogens is 2. The number of anilines is 1. The fourth-order valence-electron chi connectivity index (χ4n) is 4.06. The second kappa shape index (κ2) is 8.81. The van der Waals surface area contributed by atoms with Crippen molar-refractivity contribution in [2.75, 3.05) is 11.9 Å². The molecule has 6 nitrogen and oxygen atoms in total. The summed E-state index contributed by atoms with van der Waals surface area (Å²) < 4.78 is 14.7. The van der Waals surface area contributed by atoms with Crippen molar-refractivity contribution < 1.29 is 14.3 Å². The van der Waals surface area contributed by atoms with Gasteiger partial charge in [0.25, 0.3) is 5.56 Å². The molecule has 0 atom stereocenters. The van der Waals surface area contributed by atoms with E-state index in [9.17, 15) is 19.1 Å². The van der Waals surface area contributed by atoms with E-state index in [2.05, 4.69) is 10.3 Å². The van der Waals surface area contributed by atoms with Crippen LogP contribution in [0, 0.1) is 12.7 Å². The van der Waals surface area contributed by atoms with Gasteiger partial charge in [-0.2, -0.15) is 0 Å². The monoisotopic (exact) mass is 421 g/mol. The van der Waals surface area contributed by atoms with E-state index >= 15 is 0 Å². The maximum atomic E-state index is 13.4. The summed E-state index contributed by atoms with van der Waals surface area (Å²) in [6, 6.07) is 11.5. The van der Waals surface area contributed by atoms with Crippen LogP contribution in [-0.2, 0) is 30.6 Å². The first-order valence-corrected chi connectivity index (χ1v) is 10.3. The number of hydrogen-bond acceptors (Lipinski definition) is 4. The highest BCUT2D eigenvalue weighted by Gasteiger charge is 2.18. The topological polar surface area (TPSA) is 84.2 Å². The minimum atomic E-state index is -0.402. The number of rotatable bonds is 6. The number of aliphatic hydroxyl groups is 1. The Morgan fingerprint density at radius 2 is 1.90 bits per heavy atom. The van der Waals surface area contributed by atoms with Crippen LogP contribution in [0.1, 0.15) is 28.8 Å². The molecule has 0 spiro atoms. The Morgan fingerprint density at radius 1 is 1.16 bits per heavy atom. The smallest absolute Gasteiger partial charge is 0.257 e. The molecule has 1 heterocycles. The molecule has 0 saturated heterocycles. The summed E-state index contributed by atoms with van der Waals surface area (Å²) in [6.45, 7) is 1.25. The van der Waals surface area contributed by atoms with Crippen LogP contribution in [0.25, 0.3) is 11.4 Å². The van der Waals surface area contributed by atoms with Gasteiger partial charge in [0, 0.05) is 35.5 Å². The molecule has 1 aliphatic rings. The summed E-state index contributed by atoms with van der Waals surface area (Å²) >= 11 is 0. The number of amides is 1. The lowest BCUT2D eigenvalue weighted by atomic mass is 10.1. The largest absolute Gasteiger partial charge is 0.396 e. The molecule has 7 heteroatoms. The number of aliphatic hydroxyl groups excluding tert-OH is 1. The van der Waals surface area contributed by atoms with Gasteiger partial charge in [0.2, 0.25) is 5.91 Å². The average molecular weight is 421 g/mol. The minimum absolute atomic E-state index is 0.147. The van der Waals surface area contributed by atoms with Gasteiger partial charge in [-0.25, -0.2) is 9.37 Å². The second-order valence-corrected chi connectivity index (χ2v) is 7.76. The zero-order valence-corrected chi connectivity index (χ0v) is 17.3. The Hall–Kier alpha value is -3.32. The Kier molecular flexibility index (Phi) is 5.95. The highest BCUT2D eigenvalue weighted by atomic mass is 19.1. The summed E-state index contributed by atoms with van der Waals surface area (Å²) in [4.78, 5) is 30.5. The number of fused-ring (bicyclic) bond motifs is 1.